The topological polar surface area (TPSA) is 20.2 Å². The highest BCUT2D eigenvalue weighted by atomic mass is 16.3. The Balaban J connectivity index is 1.68. The number of aliphatic hydroxyl groups is 1. The SMILES string of the molecule is CCCCC1C(C2CC[C@H]([C@@H](C)CCCC(C)C)C2)[C@@H](O)CC2C[C@@H](C)CC[C@@]21C. The van der Waals surface area contributed by atoms with Crippen LogP contribution in [0.4, 0.5) is 0 Å². The molecule has 30 heavy (non-hydrogen) atoms. The lowest BCUT2D eigenvalue weighted by Crippen LogP contribution is -2.53. The maximum atomic E-state index is 11.5. The van der Waals surface area contributed by atoms with Crippen molar-refractivity contribution in [3.63, 3.8) is 0 Å². The summed E-state index contributed by atoms with van der Waals surface area (Å²) in [6.45, 7) is 14.7. The van der Waals surface area contributed by atoms with Crippen LogP contribution in [0.1, 0.15) is 125 Å². The number of rotatable bonds is 9. The second-order valence-electron chi connectivity index (χ2n) is 12.8. The van der Waals surface area contributed by atoms with Crippen molar-refractivity contribution in [2.75, 3.05) is 0 Å². The van der Waals surface area contributed by atoms with Gasteiger partial charge in [0, 0.05) is 0 Å². The third-order valence-corrected chi connectivity index (χ3v) is 10.2. The van der Waals surface area contributed by atoms with Gasteiger partial charge in [0.25, 0.3) is 0 Å². The van der Waals surface area contributed by atoms with Gasteiger partial charge in [0.15, 0.2) is 0 Å². The van der Waals surface area contributed by atoms with E-state index in [1.165, 1.54) is 77.0 Å². The lowest BCUT2D eigenvalue weighted by Gasteiger charge is -2.58. The zero-order chi connectivity index (χ0) is 21.9. The van der Waals surface area contributed by atoms with Gasteiger partial charge in [0.1, 0.15) is 0 Å². The maximum absolute atomic E-state index is 11.5. The largest absolute Gasteiger partial charge is 0.393 e. The number of fused-ring (bicyclic) bond motifs is 1. The van der Waals surface area contributed by atoms with E-state index in [4.69, 9.17) is 0 Å². The van der Waals surface area contributed by atoms with Crippen molar-refractivity contribution in [1.82, 2.24) is 0 Å². The molecule has 9 atom stereocenters. The van der Waals surface area contributed by atoms with Gasteiger partial charge < -0.3 is 5.11 Å². The van der Waals surface area contributed by atoms with E-state index < -0.39 is 0 Å². The van der Waals surface area contributed by atoms with Gasteiger partial charge >= 0.3 is 0 Å². The first kappa shape index (κ1) is 24.6. The molecular weight excluding hydrogens is 364 g/mol. The lowest BCUT2D eigenvalue weighted by atomic mass is 9.48. The van der Waals surface area contributed by atoms with Crippen molar-refractivity contribution in [3.05, 3.63) is 0 Å². The van der Waals surface area contributed by atoms with E-state index in [2.05, 4.69) is 41.5 Å². The molecule has 1 nitrogen and oxygen atoms in total. The van der Waals surface area contributed by atoms with Gasteiger partial charge in [-0.3, -0.25) is 0 Å². The average Bonchev–Trinajstić information content (AvgIpc) is 3.16. The van der Waals surface area contributed by atoms with E-state index in [9.17, 15) is 5.11 Å². The van der Waals surface area contributed by atoms with E-state index >= 15 is 0 Å². The maximum Gasteiger partial charge on any atom is 0.0576 e. The molecule has 1 heteroatoms. The van der Waals surface area contributed by atoms with Gasteiger partial charge in [0.2, 0.25) is 0 Å². The van der Waals surface area contributed by atoms with E-state index in [0.717, 1.165) is 47.8 Å². The molecule has 0 aromatic rings. The van der Waals surface area contributed by atoms with Crippen LogP contribution in [-0.2, 0) is 0 Å². The predicted octanol–water partition coefficient (Wildman–Crippen LogP) is 8.49. The Morgan fingerprint density at radius 3 is 2.43 bits per heavy atom. The third kappa shape index (κ3) is 5.47. The summed E-state index contributed by atoms with van der Waals surface area (Å²) in [6, 6.07) is 0. The molecule has 3 fully saturated rings. The summed E-state index contributed by atoms with van der Waals surface area (Å²) in [7, 11) is 0. The van der Waals surface area contributed by atoms with Crippen LogP contribution in [0.3, 0.4) is 0 Å². The van der Waals surface area contributed by atoms with Gasteiger partial charge in [-0.1, -0.05) is 80.1 Å². The fourth-order valence-corrected chi connectivity index (χ4v) is 8.24. The minimum atomic E-state index is -0.0322. The van der Waals surface area contributed by atoms with Crippen LogP contribution in [-0.4, -0.2) is 11.2 Å². The van der Waals surface area contributed by atoms with Crippen LogP contribution < -0.4 is 0 Å². The van der Waals surface area contributed by atoms with Crippen molar-refractivity contribution in [1.29, 1.82) is 0 Å². The zero-order valence-corrected chi connectivity index (χ0v) is 21.3. The standard InChI is InChI=1S/C29H54O/c1-7-8-12-26-28(27(30)19-25-17-21(4)15-16-29(25,26)6)24-14-13-23(18-24)22(5)11-9-10-20(2)3/h20-28,30H,7-19H2,1-6H3/t21-,22-,23-,24?,25?,26?,27-,28?,29-/m0/s1. The van der Waals surface area contributed by atoms with Gasteiger partial charge in [-0.05, 0) is 97.7 Å². The first-order chi connectivity index (χ1) is 14.3. The minimum absolute atomic E-state index is 0.0322. The molecule has 1 N–H and O–H groups in total. The second-order valence-corrected chi connectivity index (χ2v) is 12.8. The quantitative estimate of drug-likeness (QED) is 0.398. The molecule has 0 heterocycles. The van der Waals surface area contributed by atoms with E-state index in [0.29, 0.717) is 11.3 Å². The van der Waals surface area contributed by atoms with Gasteiger partial charge in [-0.2, -0.15) is 0 Å². The molecule has 3 saturated carbocycles. The van der Waals surface area contributed by atoms with Crippen LogP contribution in [0.2, 0.25) is 0 Å². The summed E-state index contributed by atoms with van der Waals surface area (Å²) in [5, 5.41) is 11.5. The monoisotopic (exact) mass is 418 g/mol. The van der Waals surface area contributed by atoms with Gasteiger partial charge in [0.05, 0.1) is 6.10 Å². The fraction of sp³-hybridized carbons (Fsp3) is 1.00. The lowest BCUT2D eigenvalue weighted by molar-refractivity contribution is -0.129. The Labute approximate surface area is 189 Å². The summed E-state index contributed by atoms with van der Waals surface area (Å²) in [5.74, 6) is 6.40. The molecule has 0 bridgehead atoms. The van der Waals surface area contributed by atoms with Crippen molar-refractivity contribution < 1.29 is 5.11 Å². The Bertz CT molecular complexity index is 512. The van der Waals surface area contributed by atoms with Crippen LogP contribution >= 0.6 is 0 Å². The zero-order valence-electron chi connectivity index (χ0n) is 21.3. The van der Waals surface area contributed by atoms with Crippen molar-refractivity contribution >= 4 is 0 Å². The van der Waals surface area contributed by atoms with Crippen molar-refractivity contribution in [2.45, 2.75) is 131 Å². The number of aliphatic hydroxyl groups excluding tert-OH is 1. The van der Waals surface area contributed by atoms with Gasteiger partial charge in [-0.25, -0.2) is 0 Å². The van der Waals surface area contributed by atoms with Crippen LogP contribution in [0.5, 0.6) is 0 Å². The highest BCUT2D eigenvalue weighted by Gasteiger charge is 2.55. The molecule has 3 aliphatic carbocycles. The fourth-order valence-electron chi connectivity index (χ4n) is 8.24. The van der Waals surface area contributed by atoms with Crippen LogP contribution in [0, 0.1) is 52.8 Å². The van der Waals surface area contributed by atoms with E-state index in [-0.39, 0.29) is 6.10 Å². The van der Waals surface area contributed by atoms with E-state index in [1.807, 2.05) is 0 Å². The molecule has 0 radical (unpaired) electrons. The molecule has 3 rings (SSSR count). The normalized spacial score (nSPS) is 43.0. The number of unbranched alkanes of at least 4 members (excludes halogenated alkanes) is 1. The first-order valence-corrected chi connectivity index (χ1v) is 13.9. The molecule has 0 saturated heterocycles. The Morgan fingerprint density at radius 2 is 1.73 bits per heavy atom. The summed E-state index contributed by atoms with van der Waals surface area (Å²) >= 11 is 0. The summed E-state index contributed by atoms with van der Waals surface area (Å²) < 4.78 is 0. The van der Waals surface area contributed by atoms with Gasteiger partial charge in [-0.15, -0.1) is 0 Å². The summed E-state index contributed by atoms with van der Waals surface area (Å²) in [5.41, 5.74) is 0.493. The number of hydrogen-bond acceptors (Lipinski definition) is 1. The molecule has 4 unspecified atom stereocenters. The van der Waals surface area contributed by atoms with Crippen molar-refractivity contribution in [2.24, 2.45) is 52.8 Å². The third-order valence-electron chi connectivity index (χ3n) is 10.2. The second kappa shape index (κ2) is 10.7. The molecule has 3 aliphatic rings. The molecule has 0 aromatic heterocycles. The highest BCUT2D eigenvalue weighted by molar-refractivity contribution is 5.04. The number of hydrogen-bond donors (Lipinski definition) is 1. The average molecular weight is 419 g/mol. The summed E-state index contributed by atoms with van der Waals surface area (Å²) in [6.07, 6.45) is 17.7. The Hall–Kier alpha value is -0.0400. The first-order valence-electron chi connectivity index (χ1n) is 13.9. The van der Waals surface area contributed by atoms with E-state index in [1.54, 1.807) is 0 Å². The molecule has 0 spiro atoms. The van der Waals surface area contributed by atoms with Crippen LogP contribution in [0.25, 0.3) is 0 Å². The predicted molar refractivity (Wildman–Crippen MR) is 130 cm³/mol. The summed E-state index contributed by atoms with van der Waals surface area (Å²) in [4.78, 5) is 0. The molecule has 0 aromatic carbocycles. The molecule has 176 valence electrons. The molecule has 0 amide bonds. The highest BCUT2D eigenvalue weighted by Crippen LogP contribution is 2.61. The minimum Gasteiger partial charge on any atom is -0.393 e. The smallest absolute Gasteiger partial charge is 0.0576 e. The molecular formula is C29H54O. The molecule has 0 aliphatic heterocycles. The Morgan fingerprint density at radius 1 is 0.967 bits per heavy atom. The van der Waals surface area contributed by atoms with Crippen molar-refractivity contribution in [3.8, 4) is 0 Å². The Kier molecular flexibility index (Phi) is 8.79. The van der Waals surface area contributed by atoms with Crippen LogP contribution in [0.15, 0.2) is 0 Å².